The van der Waals surface area contributed by atoms with Crippen LogP contribution >= 0.6 is 0 Å². The first kappa shape index (κ1) is 34.2. The topological polar surface area (TPSA) is 245 Å². The molecule has 46 heavy (non-hydrogen) atoms. The molecule has 2 aromatic carbocycles. The van der Waals surface area contributed by atoms with Gasteiger partial charge in [0, 0.05) is 5.56 Å². The van der Waals surface area contributed by atoms with Gasteiger partial charge in [-0.1, -0.05) is 60.7 Å². The second kappa shape index (κ2) is 14.6. The maximum absolute atomic E-state index is 14.2. The Labute approximate surface area is 266 Å². The smallest absolute Gasteiger partial charge is 0.297 e. The lowest BCUT2D eigenvalue weighted by molar-refractivity contribution is -0.143. The maximum atomic E-state index is 14.2. The van der Waals surface area contributed by atoms with Crippen LogP contribution < -0.4 is 26.6 Å². The van der Waals surface area contributed by atoms with Gasteiger partial charge in [-0.25, -0.2) is 15.0 Å². The van der Waals surface area contributed by atoms with E-state index >= 15 is 0 Å². The summed E-state index contributed by atoms with van der Waals surface area (Å²) in [5, 5.41) is 16.2. The van der Waals surface area contributed by atoms with E-state index in [1.807, 2.05) is 0 Å². The van der Waals surface area contributed by atoms with Crippen molar-refractivity contribution in [3.63, 3.8) is 0 Å². The third-order valence-electron chi connectivity index (χ3n) is 7.35. The third-order valence-corrected chi connectivity index (χ3v) is 7.83. The van der Waals surface area contributed by atoms with Crippen LogP contribution in [0.2, 0.25) is 0 Å². The molecule has 14 nitrogen and oxygen atoms in total. The molecule has 3 atom stereocenters. The number of aromatic nitrogens is 1. The van der Waals surface area contributed by atoms with Gasteiger partial charge in [-0.15, -0.1) is 0 Å². The number of carbonyl (C=O) groups is 4. The molecular formula is C31H35N8O6S. The molecule has 241 valence electrons. The summed E-state index contributed by atoms with van der Waals surface area (Å²) in [6.07, 6.45) is 1.05. The van der Waals surface area contributed by atoms with Crippen LogP contribution in [0, 0.1) is 12.3 Å². The van der Waals surface area contributed by atoms with Crippen molar-refractivity contribution >= 4 is 39.5 Å². The highest BCUT2D eigenvalue weighted by molar-refractivity contribution is 7.87. The van der Waals surface area contributed by atoms with E-state index in [2.05, 4.69) is 17.2 Å². The van der Waals surface area contributed by atoms with Gasteiger partial charge in [0.05, 0.1) is 18.1 Å². The Balaban J connectivity index is 1.79. The molecule has 1 fully saturated rings. The lowest BCUT2D eigenvalue weighted by Crippen LogP contribution is -2.55. The molecule has 0 bridgehead atoms. The van der Waals surface area contributed by atoms with Gasteiger partial charge in [0.15, 0.2) is 11.6 Å². The third kappa shape index (κ3) is 8.32. The summed E-state index contributed by atoms with van der Waals surface area (Å²) in [6.45, 7) is 4.33. The fourth-order valence-corrected chi connectivity index (χ4v) is 5.43. The Morgan fingerprint density at radius 2 is 1.57 bits per heavy atom. The molecule has 9 N–H and O–H groups in total. The summed E-state index contributed by atoms with van der Waals surface area (Å²) in [6, 6.07) is 15.3. The van der Waals surface area contributed by atoms with Gasteiger partial charge in [-0.2, -0.15) is 8.42 Å². The summed E-state index contributed by atoms with van der Waals surface area (Å²) in [4.78, 5) is 59.7. The quantitative estimate of drug-likeness (QED) is 0.0701. The highest BCUT2D eigenvalue weighted by atomic mass is 32.2. The molecule has 2 heterocycles. The zero-order valence-corrected chi connectivity index (χ0v) is 25.6. The second-order valence-electron chi connectivity index (χ2n) is 10.8. The number of Topliss-reactive ketones (excluding diaryl/α,β-unsaturated/α-hetero) is 1. The van der Waals surface area contributed by atoms with Crippen molar-refractivity contribution in [1.29, 1.82) is 5.41 Å². The van der Waals surface area contributed by atoms with Crippen molar-refractivity contribution in [2.75, 3.05) is 6.54 Å². The summed E-state index contributed by atoms with van der Waals surface area (Å²) in [5.41, 5.74) is 12.2. The number of amidine groups is 1. The van der Waals surface area contributed by atoms with Crippen molar-refractivity contribution in [3.8, 4) is 0 Å². The molecule has 4 rings (SSSR count). The van der Waals surface area contributed by atoms with E-state index in [0.29, 0.717) is 29.8 Å². The molecule has 0 spiro atoms. The first-order valence-electron chi connectivity index (χ1n) is 14.3. The second-order valence-corrected chi connectivity index (χ2v) is 12.1. The first-order chi connectivity index (χ1) is 21.8. The standard InChI is InChI=1S/C31H35N8O6S/c1-18-21(27(40)22(32)15-19-9-4-2-5-10-19)17-25(28(34)38-46(35,44)45)37-26(18)31(43)39(30(42)24-13-8-14-36-24)29(41)23(33)16-20-11-6-3-7-12-20/h2-7,9-12,17,22-24,36H,1,8,13-16,32-33H2,(H2,34,38)(H2,35,44,45)/t22-,23-,24-/m0/s1. The van der Waals surface area contributed by atoms with E-state index in [0.717, 1.165) is 11.6 Å². The number of nitrogens with one attached hydrogen (secondary N) is 3. The zero-order chi connectivity index (χ0) is 33.6. The Morgan fingerprint density at radius 1 is 1.00 bits per heavy atom. The number of nitrogens with zero attached hydrogens (tertiary/aromatic N) is 2. The van der Waals surface area contributed by atoms with Gasteiger partial charge in [-0.05, 0) is 61.9 Å². The number of carbonyl (C=O) groups excluding carboxylic acids is 4. The van der Waals surface area contributed by atoms with Crippen molar-refractivity contribution < 1.29 is 27.6 Å². The van der Waals surface area contributed by atoms with Crippen LogP contribution in [0.5, 0.6) is 0 Å². The van der Waals surface area contributed by atoms with Crippen molar-refractivity contribution in [2.24, 2.45) is 16.6 Å². The van der Waals surface area contributed by atoms with Crippen LogP contribution in [-0.2, 0) is 32.6 Å². The summed E-state index contributed by atoms with van der Waals surface area (Å²) < 4.78 is 25.1. The minimum absolute atomic E-state index is 0.000526. The maximum Gasteiger partial charge on any atom is 0.297 e. The Hall–Kier alpha value is -4.67. The number of nitrogens with two attached hydrogens (primary N) is 3. The number of ketones is 1. The largest absolute Gasteiger partial charge is 0.321 e. The lowest BCUT2D eigenvalue weighted by Gasteiger charge is -2.26. The average molecular weight is 648 g/mol. The van der Waals surface area contributed by atoms with Crippen molar-refractivity contribution in [2.45, 2.75) is 43.8 Å². The fourth-order valence-electron chi connectivity index (χ4n) is 5.04. The minimum atomic E-state index is -4.47. The molecular weight excluding hydrogens is 612 g/mol. The van der Waals surface area contributed by atoms with Crippen LogP contribution in [0.25, 0.3) is 0 Å². The number of benzene rings is 2. The molecule has 0 unspecified atom stereocenters. The molecule has 15 heteroatoms. The van der Waals surface area contributed by atoms with Crippen LogP contribution in [0.4, 0.5) is 0 Å². The molecule has 1 radical (unpaired) electrons. The highest BCUT2D eigenvalue weighted by Crippen LogP contribution is 2.21. The normalized spacial score (nSPS) is 15.9. The number of hydrogen-bond acceptors (Lipinski definition) is 11. The summed E-state index contributed by atoms with van der Waals surface area (Å²) in [7, 11) is -4.47. The van der Waals surface area contributed by atoms with Crippen LogP contribution in [0.15, 0.2) is 66.7 Å². The van der Waals surface area contributed by atoms with Gasteiger partial charge in [0.1, 0.15) is 11.4 Å². The number of hydrogen-bond donors (Lipinski definition) is 6. The van der Waals surface area contributed by atoms with Crippen LogP contribution in [0.1, 0.15) is 56.1 Å². The number of pyridine rings is 1. The van der Waals surface area contributed by atoms with E-state index in [4.69, 9.17) is 22.0 Å². The predicted octanol–water partition coefficient (Wildman–Crippen LogP) is -0.0476. The molecule has 3 aromatic rings. The van der Waals surface area contributed by atoms with Crippen LogP contribution in [-0.4, -0.2) is 72.3 Å². The number of amides is 3. The summed E-state index contributed by atoms with van der Waals surface area (Å²) >= 11 is 0. The molecule has 0 aliphatic carbocycles. The zero-order valence-electron chi connectivity index (χ0n) is 24.8. The Bertz CT molecular complexity index is 1750. The minimum Gasteiger partial charge on any atom is -0.321 e. The predicted molar refractivity (Wildman–Crippen MR) is 170 cm³/mol. The monoisotopic (exact) mass is 647 g/mol. The van der Waals surface area contributed by atoms with Gasteiger partial charge in [0.25, 0.3) is 27.9 Å². The Kier molecular flexibility index (Phi) is 10.9. The molecule has 1 aromatic heterocycles. The molecule has 3 amide bonds. The molecule has 0 saturated carbocycles. The van der Waals surface area contributed by atoms with Gasteiger partial charge < -0.3 is 16.8 Å². The highest BCUT2D eigenvalue weighted by Gasteiger charge is 2.40. The van der Waals surface area contributed by atoms with E-state index in [9.17, 15) is 27.6 Å². The fraction of sp³-hybridized carbons (Fsp3) is 0.258. The average Bonchev–Trinajstić information content (AvgIpc) is 3.56. The van der Waals surface area contributed by atoms with Crippen molar-refractivity contribution in [1.82, 2.24) is 19.9 Å². The van der Waals surface area contributed by atoms with Gasteiger partial charge in [0.2, 0.25) is 0 Å². The van der Waals surface area contributed by atoms with Crippen molar-refractivity contribution in [3.05, 3.63) is 107 Å². The van der Waals surface area contributed by atoms with Gasteiger partial charge >= 0.3 is 0 Å². The SMILES string of the molecule is [CH2]c1c(C(=O)[C@@H](N)Cc2ccccc2)cc(C(=N)NS(N)(=O)=O)nc1C(=O)N(C(=O)[C@@H]1CCCN1)C(=O)[C@@H](N)Cc1ccccc1. The Morgan fingerprint density at radius 3 is 2.09 bits per heavy atom. The van der Waals surface area contributed by atoms with E-state index in [1.54, 1.807) is 65.4 Å². The van der Waals surface area contributed by atoms with E-state index < -0.39 is 69.1 Å². The number of imide groups is 3. The van der Waals surface area contributed by atoms with Crippen LogP contribution in [0.3, 0.4) is 0 Å². The molecule has 1 saturated heterocycles. The van der Waals surface area contributed by atoms with E-state index in [-0.39, 0.29) is 24.0 Å². The molecule has 1 aliphatic rings. The molecule has 1 aliphatic heterocycles. The van der Waals surface area contributed by atoms with E-state index in [1.165, 1.54) is 0 Å². The summed E-state index contributed by atoms with van der Waals surface area (Å²) in [5.74, 6) is -4.75. The number of rotatable bonds is 11. The first-order valence-corrected chi connectivity index (χ1v) is 15.9. The van der Waals surface area contributed by atoms with Gasteiger partial charge in [-0.3, -0.25) is 29.3 Å². The lowest BCUT2D eigenvalue weighted by atomic mass is 9.94.